The largest absolute Gasteiger partial charge is 0.469 e. The van der Waals surface area contributed by atoms with Crippen LogP contribution < -0.4 is 0 Å². The molecule has 1 rings (SSSR count). The van der Waals surface area contributed by atoms with E-state index >= 15 is 0 Å². The molecule has 104 valence electrons. The van der Waals surface area contributed by atoms with Crippen molar-refractivity contribution in [1.82, 2.24) is 0 Å². The van der Waals surface area contributed by atoms with Gasteiger partial charge in [0.25, 0.3) is 0 Å². The molecule has 0 heterocycles. The fourth-order valence-corrected chi connectivity index (χ4v) is 2.46. The van der Waals surface area contributed by atoms with Crippen LogP contribution in [0.2, 0.25) is 0 Å². The molecule has 0 unspecified atom stereocenters. The number of esters is 1. The number of methoxy groups -OCH3 is 1. The summed E-state index contributed by atoms with van der Waals surface area (Å²) in [7, 11) is -3.47. The van der Waals surface area contributed by atoms with Gasteiger partial charge in [0.1, 0.15) is 0 Å². The first-order chi connectivity index (χ1) is 8.18. The number of hydrogen-bond acceptors (Lipinski definition) is 6. The highest BCUT2D eigenvalue weighted by Crippen LogP contribution is 2.40. The number of ether oxygens (including phenoxy) is 1. The number of carbonyl (C=O) groups is 2. The summed E-state index contributed by atoms with van der Waals surface area (Å²) in [6.07, 6.45) is 1.45. The predicted molar refractivity (Wildman–Crippen MR) is 59.7 cm³/mol. The molecule has 1 saturated carbocycles. The molecule has 1 aliphatic carbocycles. The summed E-state index contributed by atoms with van der Waals surface area (Å²) in [5, 5.41) is 0. The third-order valence-electron chi connectivity index (χ3n) is 3.29. The monoisotopic (exact) mass is 280 g/mol. The van der Waals surface area contributed by atoms with Crippen molar-refractivity contribution in [3.05, 3.63) is 0 Å². The third kappa shape index (κ3) is 3.67. The molecule has 18 heavy (non-hydrogen) atoms. The van der Waals surface area contributed by atoms with Gasteiger partial charge in [-0.15, -0.1) is 0 Å². The fraction of sp³-hybridized carbons (Fsp3) is 0.800. The van der Waals surface area contributed by atoms with Crippen LogP contribution >= 0.6 is 0 Å². The predicted octanol–water partition coefficient (Wildman–Crippen LogP) is 0.702. The fourth-order valence-electron chi connectivity index (χ4n) is 2.11. The lowest BCUT2D eigenvalue weighted by atomic mass is 9.72. The van der Waals surface area contributed by atoms with Crippen LogP contribution in [0.5, 0.6) is 0 Å². The molecule has 0 bridgehead atoms. The minimum atomic E-state index is -4.76. The molecule has 0 atom stereocenters. The maximum atomic E-state index is 11.5. The van der Waals surface area contributed by atoms with E-state index in [0.29, 0.717) is 25.7 Å². The Kier molecular flexibility index (Phi) is 4.33. The Morgan fingerprint density at radius 2 is 1.78 bits per heavy atom. The van der Waals surface area contributed by atoms with Gasteiger partial charge in [-0.1, -0.05) is 0 Å². The second-order valence-electron chi connectivity index (χ2n) is 4.66. The van der Waals surface area contributed by atoms with E-state index in [-0.39, 0.29) is 5.97 Å². The van der Waals surface area contributed by atoms with E-state index in [1.807, 2.05) is 0 Å². The molecule has 1 aliphatic rings. The van der Waals surface area contributed by atoms with Crippen LogP contribution in [0.3, 0.4) is 0 Å². The van der Waals surface area contributed by atoms with Gasteiger partial charge in [-0.2, -0.15) is 8.42 Å². The SMILES string of the molecule is COC(=O)C1(C)CCC(C(=O)OS(=O)(=O)O)CC1. The van der Waals surface area contributed by atoms with Gasteiger partial charge in [-0.3, -0.25) is 14.1 Å². The summed E-state index contributed by atoms with van der Waals surface area (Å²) in [6.45, 7) is 1.74. The molecule has 0 radical (unpaired) electrons. The lowest BCUT2D eigenvalue weighted by Gasteiger charge is -2.33. The van der Waals surface area contributed by atoms with Gasteiger partial charge in [0, 0.05) is 0 Å². The molecule has 0 saturated heterocycles. The molecular weight excluding hydrogens is 264 g/mol. The standard InChI is InChI=1S/C10H16O7S/c1-10(9(12)16-2)5-3-7(4-6-10)8(11)17-18(13,14)15/h7H,3-6H2,1-2H3,(H,13,14,15). The van der Waals surface area contributed by atoms with E-state index in [2.05, 4.69) is 8.92 Å². The van der Waals surface area contributed by atoms with Crippen molar-refractivity contribution in [2.24, 2.45) is 11.3 Å². The molecule has 7 nitrogen and oxygen atoms in total. The zero-order chi connectivity index (χ0) is 14.0. The minimum Gasteiger partial charge on any atom is -0.469 e. The summed E-state index contributed by atoms with van der Waals surface area (Å²) in [5.41, 5.74) is -0.649. The van der Waals surface area contributed by atoms with E-state index < -0.39 is 27.7 Å². The molecule has 0 spiro atoms. The van der Waals surface area contributed by atoms with Crippen molar-refractivity contribution in [3.63, 3.8) is 0 Å². The lowest BCUT2D eigenvalue weighted by molar-refractivity contribution is -0.156. The summed E-state index contributed by atoms with van der Waals surface area (Å²) >= 11 is 0. The Morgan fingerprint density at radius 3 is 2.17 bits per heavy atom. The van der Waals surface area contributed by atoms with E-state index in [4.69, 9.17) is 4.55 Å². The molecule has 0 aliphatic heterocycles. The summed E-state index contributed by atoms with van der Waals surface area (Å²) in [5.74, 6) is -1.95. The van der Waals surface area contributed by atoms with Crippen LogP contribution in [0.1, 0.15) is 32.6 Å². The van der Waals surface area contributed by atoms with Crippen LogP contribution in [0.25, 0.3) is 0 Å². The van der Waals surface area contributed by atoms with Crippen LogP contribution in [-0.4, -0.2) is 32.0 Å². The van der Waals surface area contributed by atoms with Crippen molar-refractivity contribution in [3.8, 4) is 0 Å². The Bertz CT molecular complexity index is 431. The topological polar surface area (TPSA) is 107 Å². The van der Waals surface area contributed by atoms with E-state index in [1.54, 1.807) is 6.92 Å². The second kappa shape index (κ2) is 5.23. The van der Waals surface area contributed by atoms with Crippen LogP contribution in [-0.2, 0) is 28.9 Å². The van der Waals surface area contributed by atoms with Gasteiger partial charge in [0.15, 0.2) is 0 Å². The highest BCUT2D eigenvalue weighted by molar-refractivity contribution is 7.81. The molecule has 0 aromatic rings. The summed E-state index contributed by atoms with van der Waals surface area (Å²) in [6, 6.07) is 0. The van der Waals surface area contributed by atoms with E-state index in [1.165, 1.54) is 7.11 Å². The average molecular weight is 280 g/mol. The molecular formula is C10H16O7S. The first kappa shape index (κ1) is 14.9. The van der Waals surface area contributed by atoms with Gasteiger partial charge in [-0.05, 0) is 32.6 Å². The van der Waals surface area contributed by atoms with Crippen molar-refractivity contribution < 1.29 is 31.5 Å². The number of rotatable bonds is 3. The molecule has 1 N–H and O–H groups in total. The second-order valence-corrected chi connectivity index (χ2v) is 5.68. The number of carbonyl (C=O) groups excluding carboxylic acids is 2. The quantitative estimate of drug-likeness (QED) is 0.599. The first-order valence-electron chi connectivity index (χ1n) is 5.47. The van der Waals surface area contributed by atoms with Gasteiger partial charge in [-0.25, -0.2) is 0 Å². The summed E-state index contributed by atoms with van der Waals surface area (Å²) < 4.78 is 37.8. The Morgan fingerprint density at radius 1 is 1.28 bits per heavy atom. The maximum Gasteiger partial charge on any atom is 0.448 e. The zero-order valence-corrected chi connectivity index (χ0v) is 11.0. The Balaban J connectivity index is 2.59. The highest BCUT2D eigenvalue weighted by Gasteiger charge is 2.41. The van der Waals surface area contributed by atoms with Crippen molar-refractivity contribution >= 4 is 22.3 Å². The molecule has 0 aromatic carbocycles. The van der Waals surface area contributed by atoms with Gasteiger partial charge in [0.05, 0.1) is 18.4 Å². The van der Waals surface area contributed by atoms with E-state index in [9.17, 15) is 18.0 Å². The van der Waals surface area contributed by atoms with Crippen molar-refractivity contribution in [2.45, 2.75) is 32.6 Å². The lowest BCUT2D eigenvalue weighted by Crippen LogP contribution is -2.36. The average Bonchev–Trinajstić information content (AvgIpc) is 2.26. The van der Waals surface area contributed by atoms with Crippen LogP contribution in [0.15, 0.2) is 0 Å². The minimum absolute atomic E-state index is 0.319. The van der Waals surface area contributed by atoms with Gasteiger partial charge in [0.2, 0.25) is 0 Å². The molecule has 8 heteroatoms. The summed E-state index contributed by atoms with van der Waals surface area (Å²) in [4.78, 5) is 22.9. The Hall–Kier alpha value is -1.15. The number of hydrogen-bond donors (Lipinski definition) is 1. The van der Waals surface area contributed by atoms with Crippen molar-refractivity contribution in [1.29, 1.82) is 0 Å². The van der Waals surface area contributed by atoms with Crippen LogP contribution in [0.4, 0.5) is 0 Å². The molecule has 1 fully saturated rings. The van der Waals surface area contributed by atoms with Crippen molar-refractivity contribution in [2.75, 3.05) is 7.11 Å². The van der Waals surface area contributed by atoms with E-state index in [0.717, 1.165) is 0 Å². The van der Waals surface area contributed by atoms with Gasteiger partial charge >= 0.3 is 22.3 Å². The third-order valence-corrected chi connectivity index (χ3v) is 3.66. The molecule has 0 amide bonds. The maximum absolute atomic E-state index is 11.5. The normalized spacial score (nSPS) is 28.5. The smallest absolute Gasteiger partial charge is 0.448 e. The molecule has 0 aromatic heterocycles. The zero-order valence-electron chi connectivity index (χ0n) is 10.2. The van der Waals surface area contributed by atoms with Crippen LogP contribution in [0, 0.1) is 11.3 Å². The Labute approximate surface area is 105 Å². The first-order valence-corrected chi connectivity index (χ1v) is 6.83. The highest BCUT2D eigenvalue weighted by atomic mass is 32.3. The van der Waals surface area contributed by atoms with Gasteiger partial charge < -0.3 is 8.92 Å².